The number of aliphatic carboxylic acids is 1. The Hall–Kier alpha value is -5.01. The van der Waals surface area contributed by atoms with E-state index in [2.05, 4.69) is 20.6 Å². The number of hydrogen-bond acceptors (Lipinski definition) is 12. The summed E-state index contributed by atoms with van der Waals surface area (Å²) in [6.07, 6.45) is 1.49. The van der Waals surface area contributed by atoms with Gasteiger partial charge in [-0.25, -0.2) is 32.4 Å². The van der Waals surface area contributed by atoms with E-state index in [4.69, 9.17) is 24.5 Å². The second-order valence-electron chi connectivity index (χ2n) is 10.6. The van der Waals surface area contributed by atoms with Crippen molar-refractivity contribution in [1.29, 1.82) is 0 Å². The molecule has 2 aromatic heterocycles. The van der Waals surface area contributed by atoms with Crippen LogP contribution in [0.4, 0.5) is 4.39 Å². The van der Waals surface area contributed by atoms with Crippen LogP contribution < -0.4 is 19.9 Å². The zero-order valence-corrected chi connectivity index (χ0v) is 27.3. The molecule has 0 spiro atoms. The third kappa shape index (κ3) is 9.77. The number of carboxylic acids is 1. The van der Waals surface area contributed by atoms with Gasteiger partial charge in [0.15, 0.2) is 6.04 Å². The highest BCUT2D eigenvalue weighted by atomic mass is 32.2. The van der Waals surface area contributed by atoms with Crippen molar-refractivity contribution < 1.29 is 46.8 Å². The molecule has 0 fully saturated rings. The molecule has 0 aliphatic heterocycles. The number of carbonyl (C=O) groups excluding carboxylic acids is 1. The van der Waals surface area contributed by atoms with Crippen LogP contribution >= 0.6 is 11.3 Å². The van der Waals surface area contributed by atoms with Gasteiger partial charge in [0.05, 0.1) is 36.2 Å². The Morgan fingerprint density at radius 2 is 1.80 bits per heavy atom. The quantitative estimate of drug-likeness (QED) is 0.109. The Balaban J connectivity index is 1.26. The Labute approximate surface area is 283 Å². The van der Waals surface area contributed by atoms with Crippen molar-refractivity contribution in [2.45, 2.75) is 36.1 Å². The summed E-state index contributed by atoms with van der Waals surface area (Å²) in [6, 6.07) is 14.7. The average molecular weight is 715 g/mol. The van der Waals surface area contributed by atoms with E-state index in [1.165, 1.54) is 35.1 Å². The van der Waals surface area contributed by atoms with E-state index in [0.717, 1.165) is 11.3 Å². The van der Waals surface area contributed by atoms with E-state index in [0.29, 0.717) is 38.5 Å². The molecule has 258 valence electrons. The number of fused-ring (bicyclic) bond motifs is 1. The predicted molar refractivity (Wildman–Crippen MR) is 173 cm³/mol. The van der Waals surface area contributed by atoms with Gasteiger partial charge in [0, 0.05) is 6.42 Å². The maximum absolute atomic E-state index is 13.6. The van der Waals surface area contributed by atoms with E-state index in [9.17, 15) is 27.5 Å². The fraction of sp³-hybridized carbons (Fsp3) is 0.258. The summed E-state index contributed by atoms with van der Waals surface area (Å²) < 4.78 is 55.3. The summed E-state index contributed by atoms with van der Waals surface area (Å²) in [7, 11) is -3.96. The van der Waals surface area contributed by atoms with E-state index in [1.54, 1.807) is 42.5 Å². The number of aliphatic hydroxyl groups excluding tert-OH is 1. The van der Waals surface area contributed by atoms with Gasteiger partial charge in [-0.3, -0.25) is 4.79 Å². The molecule has 0 aliphatic rings. The summed E-state index contributed by atoms with van der Waals surface area (Å²) in [5.41, 5.74) is 2.04. The van der Waals surface area contributed by atoms with Gasteiger partial charge >= 0.3 is 5.97 Å². The smallest absolute Gasteiger partial charge is 0.328 e. The predicted octanol–water partition coefficient (Wildman–Crippen LogP) is 2.19. The number of benzene rings is 3. The number of primary sulfonamides is 1. The second-order valence-corrected chi connectivity index (χ2v) is 13.4. The molecular formula is C31H31FN6O9S2. The molecule has 2 heterocycles. The summed E-state index contributed by atoms with van der Waals surface area (Å²) in [4.78, 5) is 29.7. The normalized spacial score (nSPS) is 12.8. The Morgan fingerprint density at radius 3 is 2.53 bits per heavy atom. The highest BCUT2D eigenvalue weighted by Gasteiger charge is 2.28. The van der Waals surface area contributed by atoms with Crippen molar-refractivity contribution in [1.82, 2.24) is 25.3 Å². The Kier molecular flexibility index (Phi) is 11.5. The number of aromatic nitrogens is 4. The van der Waals surface area contributed by atoms with Gasteiger partial charge in [-0.2, -0.15) is 0 Å². The fourth-order valence-electron chi connectivity index (χ4n) is 4.56. The van der Waals surface area contributed by atoms with Gasteiger partial charge in [0.25, 0.3) is 10.0 Å². The summed E-state index contributed by atoms with van der Waals surface area (Å²) in [5, 5.41) is 34.7. The van der Waals surface area contributed by atoms with Gasteiger partial charge in [-0.05, 0) is 53.6 Å². The first-order chi connectivity index (χ1) is 23.5. The highest BCUT2D eigenvalue weighted by Crippen LogP contribution is 2.28. The number of carbonyl (C=O) groups is 2. The topological polar surface area (TPSA) is 218 Å². The number of carboxylic acid groups (broad SMARTS) is 1. The molecule has 1 amide bonds. The van der Waals surface area contributed by atoms with Crippen molar-refractivity contribution in [3.8, 4) is 11.5 Å². The molecule has 0 radical (unpaired) electrons. The number of aliphatic hydroxyl groups is 1. The van der Waals surface area contributed by atoms with Crippen molar-refractivity contribution in [2.24, 2.45) is 5.14 Å². The maximum Gasteiger partial charge on any atom is 0.328 e. The SMILES string of the molecule is NS(=O)(=O)c1nc2ccc(OCc3cn([C@@H](Cc4ccc(F)cc4)C(=O)N[C@@H](COCc4cccc(OCCO)c4)C(=O)O)nn3)cc2s1. The standard InChI is InChI=1S/C31H31FN6O9S2/c32-21-6-4-19(5-7-21)13-27(29(40)34-26(30(41)42)18-45-16-20-2-1-3-23(12-20)46-11-10-39)38-15-22(36-37-38)17-47-24-8-9-25-28(14-24)48-31(35-25)49(33,43)44/h1-9,12,14-15,26-27,39H,10-11,13,16-18H2,(H,34,40)(H,41,42)(H2,33,43,44)/t26-,27-/m0/s1. The third-order valence-corrected chi connectivity index (χ3v) is 9.26. The van der Waals surface area contributed by atoms with Crippen molar-refractivity contribution >= 4 is 43.5 Å². The van der Waals surface area contributed by atoms with Gasteiger partial charge in [0.1, 0.15) is 42.3 Å². The molecule has 0 aliphatic carbocycles. The van der Waals surface area contributed by atoms with Gasteiger partial charge in [0.2, 0.25) is 10.2 Å². The van der Waals surface area contributed by atoms with Crippen molar-refractivity contribution in [3.63, 3.8) is 0 Å². The number of thiazole rings is 1. The number of nitrogens with zero attached hydrogens (tertiary/aromatic N) is 4. The number of rotatable bonds is 17. The molecule has 49 heavy (non-hydrogen) atoms. The summed E-state index contributed by atoms with van der Waals surface area (Å²) in [6.45, 7) is -0.428. The van der Waals surface area contributed by atoms with Crippen LogP contribution in [0.15, 0.2) is 77.3 Å². The van der Waals surface area contributed by atoms with Gasteiger partial charge in [-0.15, -0.1) is 16.4 Å². The lowest BCUT2D eigenvalue weighted by Crippen LogP contribution is -2.47. The molecule has 15 nitrogen and oxygen atoms in total. The first kappa shape index (κ1) is 35.3. The van der Waals surface area contributed by atoms with Crippen molar-refractivity contribution in [2.75, 3.05) is 19.8 Å². The van der Waals surface area contributed by atoms with E-state index in [1.807, 2.05) is 0 Å². The number of hydrogen-bond donors (Lipinski definition) is 4. The summed E-state index contributed by atoms with van der Waals surface area (Å²) >= 11 is 0.899. The van der Waals surface area contributed by atoms with Crippen LogP contribution in [0, 0.1) is 5.82 Å². The number of sulfonamides is 1. The first-order valence-electron chi connectivity index (χ1n) is 14.6. The number of nitrogens with one attached hydrogen (secondary N) is 1. The monoisotopic (exact) mass is 714 g/mol. The minimum Gasteiger partial charge on any atom is -0.491 e. The molecule has 5 rings (SSSR count). The number of amides is 1. The molecular weight excluding hydrogens is 684 g/mol. The zero-order chi connectivity index (χ0) is 35.0. The van der Waals surface area contributed by atoms with Crippen LogP contribution in [0.1, 0.15) is 22.9 Å². The average Bonchev–Trinajstić information content (AvgIpc) is 3.73. The van der Waals surface area contributed by atoms with E-state index >= 15 is 0 Å². The minimum absolute atomic E-state index is 0.0258. The molecule has 5 aromatic rings. The van der Waals surface area contributed by atoms with Crippen LogP contribution in [0.2, 0.25) is 0 Å². The molecule has 0 unspecified atom stereocenters. The van der Waals surface area contributed by atoms with Crippen LogP contribution in [-0.2, 0) is 44.0 Å². The first-order valence-corrected chi connectivity index (χ1v) is 17.0. The molecule has 18 heteroatoms. The van der Waals surface area contributed by atoms with Crippen LogP contribution in [0.5, 0.6) is 11.5 Å². The van der Waals surface area contributed by atoms with Crippen LogP contribution in [-0.4, -0.2) is 76.3 Å². The molecule has 3 aromatic carbocycles. The molecule has 5 N–H and O–H groups in total. The van der Waals surface area contributed by atoms with Crippen molar-refractivity contribution in [3.05, 3.63) is 95.6 Å². The minimum atomic E-state index is -3.96. The third-order valence-electron chi connectivity index (χ3n) is 6.92. The van der Waals surface area contributed by atoms with Gasteiger partial charge < -0.3 is 29.7 Å². The van der Waals surface area contributed by atoms with Crippen LogP contribution in [0.3, 0.4) is 0 Å². The second kappa shape index (κ2) is 15.9. The van der Waals surface area contributed by atoms with E-state index < -0.39 is 39.8 Å². The maximum atomic E-state index is 13.6. The Morgan fingerprint density at radius 1 is 1.02 bits per heavy atom. The highest BCUT2D eigenvalue weighted by molar-refractivity contribution is 7.91. The fourth-order valence-corrected chi connectivity index (χ4v) is 6.25. The number of halogens is 1. The summed E-state index contributed by atoms with van der Waals surface area (Å²) in [5.74, 6) is -1.58. The van der Waals surface area contributed by atoms with Gasteiger partial charge in [-0.1, -0.05) is 29.5 Å². The number of ether oxygens (including phenoxy) is 3. The molecule has 0 bridgehead atoms. The molecule has 0 saturated carbocycles. The van der Waals surface area contributed by atoms with Crippen LogP contribution in [0.25, 0.3) is 10.2 Å². The largest absolute Gasteiger partial charge is 0.491 e. The molecule has 2 atom stereocenters. The molecule has 0 saturated heterocycles. The zero-order valence-electron chi connectivity index (χ0n) is 25.6. The lowest BCUT2D eigenvalue weighted by molar-refractivity contribution is -0.144. The lowest BCUT2D eigenvalue weighted by atomic mass is 10.0. The Bertz CT molecular complexity index is 2020. The van der Waals surface area contributed by atoms with E-state index in [-0.39, 0.29) is 43.8 Å². The number of nitrogens with two attached hydrogens (primary N) is 1. The lowest BCUT2D eigenvalue weighted by Gasteiger charge is -2.21.